The SMILES string of the molecule is N#Cc1ccc(S(=O)(=O)c2ccccc2)c(Cn2cnc3ccc(C(F)(F)F)cc3c2=O)c1. The summed E-state index contributed by atoms with van der Waals surface area (Å²) >= 11 is 0. The van der Waals surface area contributed by atoms with Crippen molar-refractivity contribution >= 4 is 20.7 Å². The molecule has 0 bridgehead atoms. The van der Waals surface area contributed by atoms with E-state index < -0.39 is 27.1 Å². The van der Waals surface area contributed by atoms with Crippen LogP contribution < -0.4 is 5.56 Å². The summed E-state index contributed by atoms with van der Waals surface area (Å²) in [6, 6.07) is 16.1. The van der Waals surface area contributed by atoms with E-state index >= 15 is 0 Å². The highest BCUT2D eigenvalue weighted by Crippen LogP contribution is 2.30. The second-order valence-corrected chi connectivity index (χ2v) is 9.08. The van der Waals surface area contributed by atoms with Crippen LogP contribution in [0.2, 0.25) is 0 Å². The Morgan fingerprint density at radius 2 is 1.73 bits per heavy atom. The minimum absolute atomic E-state index is 0.0229. The third-order valence-electron chi connectivity index (χ3n) is 5.02. The Morgan fingerprint density at radius 3 is 2.39 bits per heavy atom. The smallest absolute Gasteiger partial charge is 0.294 e. The number of fused-ring (bicyclic) bond motifs is 1. The van der Waals surface area contributed by atoms with Crippen LogP contribution in [-0.4, -0.2) is 18.0 Å². The molecule has 0 N–H and O–H groups in total. The van der Waals surface area contributed by atoms with Gasteiger partial charge in [0.25, 0.3) is 5.56 Å². The fourth-order valence-electron chi connectivity index (χ4n) is 3.39. The molecule has 0 unspecified atom stereocenters. The number of hydrogen-bond acceptors (Lipinski definition) is 5. The molecule has 0 amide bonds. The minimum atomic E-state index is -4.64. The predicted octanol–water partition coefficient (Wildman–Crippen LogP) is 4.17. The summed E-state index contributed by atoms with van der Waals surface area (Å²) in [5, 5.41) is 9.00. The van der Waals surface area contributed by atoms with Crippen LogP contribution in [0.15, 0.2) is 87.6 Å². The number of alkyl halides is 3. The van der Waals surface area contributed by atoms with Gasteiger partial charge < -0.3 is 0 Å². The fraction of sp³-hybridized carbons (Fsp3) is 0.0870. The van der Waals surface area contributed by atoms with Gasteiger partial charge in [0, 0.05) is 0 Å². The number of sulfone groups is 1. The van der Waals surface area contributed by atoms with Crippen molar-refractivity contribution in [1.29, 1.82) is 5.26 Å². The fourth-order valence-corrected chi connectivity index (χ4v) is 4.88. The Kier molecular flexibility index (Phi) is 5.51. The number of aromatic nitrogens is 2. The van der Waals surface area contributed by atoms with Crippen LogP contribution in [0.1, 0.15) is 16.7 Å². The monoisotopic (exact) mass is 469 g/mol. The zero-order chi connectivity index (χ0) is 23.8. The molecule has 0 aliphatic carbocycles. The maximum Gasteiger partial charge on any atom is 0.416 e. The minimum Gasteiger partial charge on any atom is -0.294 e. The van der Waals surface area contributed by atoms with Gasteiger partial charge in [-0.25, -0.2) is 13.4 Å². The first-order valence-electron chi connectivity index (χ1n) is 9.51. The molecule has 1 aromatic heterocycles. The van der Waals surface area contributed by atoms with Crippen molar-refractivity contribution in [3.63, 3.8) is 0 Å². The second-order valence-electron chi connectivity index (χ2n) is 7.16. The van der Waals surface area contributed by atoms with Crippen molar-refractivity contribution < 1.29 is 21.6 Å². The van der Waals surface area contributed by atoms with Crippen LogP contribution in [0.4, 0.5) is 13.2 Å². The Balaban J connectivity index is 1.87. The number of halogens is 3. The Morgan fingerprint density at radius 1 is 1.00 bits per heavy atom. The van der Waals surface area contributed by atoms with Gasteiger partial charge in [0.15, 0.2) is 0 Å². The van der Waals surface area contributed by atoms with E-state index in [0.717, 1.165) is 23.0 Å². The molecule has 0 aliphatic rings. The molecule has 4 aromatic rings. The standard InChI is InChI=1S/C23H14F3N3O3S/c24-23(25,26)17-7-8-20-19(11-17)22(30)29(14-28-20)13-16-10-15(12-27)6-9-21(16)33(31,32)18-4-2-1-3-5-18/h1-11,14H,13H2. The lowest BCUT2D eigenvalue weighted by Gasteiger charge is -2.13. The van der Waals surface area contributed by atoms with Crippen molar-refractivity contribution in [3.8, 4) is 6.07 Å². The lowest BCUT2D eigenvalue weighted by atomic mass is 10.1. The summed E-state index contributed by atoms with van der Waals surface area (Å²) in [5.41, 5.74) is -1.39. The van der Waals surface area contributed by atoms with Crippen molar-refractivity contribution in [1.82, 2.24) is 9.55 Å². The van der Waals surface area contributed by atoms with Gasteiger partial charge in [-0.05, 0) is 54.1 Å². The van der Waals surface area contributed by atoms with E-state index in [2.05, 4.69) is 4.98 Å². The van der Waals surface area contributed by atoms with Gasteiger partial charge in [-0.1, -0.05) is 18.2 Å². The van der Waals surface area contributed by atoms with Crippen LogP contribution in [0.5, 0.6) is 0 Å². The first-order valence-corrected chi connectivity index (χ1v) is 11.0. The number of nitrogens with zero attached hydrogens (tertiary/aromatic N) is 3. The van der Waals surface area contributed by atoms with Gasteiger partial charge in [0.2, 0.25) is 9.84 Å². The van der Waals surface area contributed by atoms with Gasteiger partial charge >= 0.3 is 6.18 Å². The molecule has 1 heterocycles. The third kappa shape index (κ3) is 4.23. The maximum atomic E-state index is 13.2. The number of rotatable bonds is 4. The van der Waals surface area contributed by atoms with Gasteiger partial charge in [-0.2, -0.15) is 18.4 Å². The lowest BCUT2D eigenvalue weighted by molar-refractivity contribution is -0.137. The summed E-state index contributed by atoms with van der Waals surface area (Å²) in [5.74, 6) is 0. The van der Waals surface area contributed by atoms with E-state index in [-0.39, 0.29) is 38.4 Å². The number of nitriles is 1. The zero-order valence-corrected chi connectivity index (χ0v) is 17.6. The Hall–Kier alpha value is -3.97. The molecule has 0 atom stereocenters. The molecule has 0 fully saturated rings. The van der Waals surface area contributed by atoms with Crippen LogP contribution in [0, 0.1) is 11.3 Å². The van der Waals surface area contributed by atoms with Crippen molar-refractivity contribution in [2.75, 3.05) is 0 Å². The van der Waals surface area contributed by atoms with Crippen LogP contribution in [0.3, 0.4) is 0 Å². The summed E-state index contributed by atoms with van der Waals surface area (Å²) in [7, 11) is -3.99. The summed E-state index contributed by atoms with van der Waals surface area (Å²) in [6.07, 6.45) is -3.50. The van der Waals surface area contributed by atoms with E-state index in [1.807, 2.05) is 6.07 Å². The van der Waals surface area contributed by atoms with E-state index in [0.29, 0.717) is 6.07 Å². The first kappa shape index (κ1) is 22.2. The molecule has 0 saturated carbocycles. The highest BCUT2D eigenvalue weighted by atomic mass is 32.2. The van der Waals surface area contributed by atoms with Crippen molar-refractivity contribution in [2.45, 2.75) is 22.5 Å². The average Bonchev–Trinajstić information content (AvgIpc) is 2.80. The quantitative estimate of drug-likeness (QED) is 0.447. The highest BCUT2D eigenvalue weighted by molar-refractivity contribution is 7.91. The molecule has 0 saturated heterocycles. The third-order valence-corrected chi connectivity index (χ3v) is 6.89. The van der Waals surface area contributed by atoms with Crippen LogP contribution in [0.25, 0.3) is 10.9 Å². The molecule has 3 aromatic carbocycles. The highest BCUT2D eigenvalue weighted by Gasteiger charge is 2.31. The molecule has 6 nitrogen and oxygen atoms in total. The summed E-state index contributed by atoms with van der Waals surface area (Å²) in [4.78, 5) is 16.9. The predicted molar refractivity (Wildman–Crippen MR) is 113 cm³/mol. The van der Waals surface area contributed by atoms with Gasteiger partial charge in [0.05, 0.1) is 50.8 Å². The molecular formula is C23H14F3N3O3S. The van der Waals surface area contributed by atoms with Crippen LogP contribution >= 0.6 is 0 Å². The lowest BCUT2D eigenvalue weighted by Crippen LogP contribution is -2.23. The molecular weight excluding hydrogens is 455 g/mol. The normalized spacial score (nSPS) is 11.9. The van der Waals surface area contributed by atoms with Gasteiger partial charge in [0.1, 0.15) is 0 Å². The molecule has 10 heteroatoms. The second kappa shape index (κ2) is 8.18. The topological polar surface area (TPSA) is 92.8 Å². The van der Waals surface area contributed by atoms with E-state index in [1.54, 1.807) is 18.2 Å². The van der Waals surface area contributed by atoms with E-state index in [4.69, 9.17) is 0 Å². The van der Waals surface area contributed by atoms with Gasteiger partial charge in [-0.3, -0.25) is 9.36 Å². The van der Waals surface area contributed by atoms with Crippen LogP contribution in [-0.2, 0) is 22.6 Å². The van der Waals surface area contributed by atoms with Gasteiger partial charge in [-0.15, -0.1) is 0 Å². The van der Waals surface area contributed by atoms with Crippen molar-refractivity contribution in [3.05, 3.63) is 100 Å². The molecule has 0 radical (unpaired) electrons. The Labute approximate surface area is 186 Å². The first-order chi connectivity index (χ1) is 15.6. The maximum absolute atomic E-state index is 13.2. The zero-order valence-electron chi connectivity index (χ0n) is 16.7. The van der Waals surface area contributed by atoms with E-state index in [9.17, 15) is 31.6 Å². The molecule has 0 aliphatic heterocycles. The van der Waals surface area contributed by atoms with E-state index in [1.165, 1.54) is 30.3 Å². The number of benzene rings is 3. The summed E-state index contributed by atoms with van der Waals surface area (Å²) < 4.78 is 66.7. The summed E-state index contributed by atoms with van der Waals surface area (Å²) in [6.45, 7) is -0.311. The molecule has 33 heavy (non-hydrogen) atoms. The van der Waals surface area contributed by atoms with Crippen molar-refractivity contribution in [2.24, 2.45) is 0 Å². The molecule has 4 rings (SSSR count). The average molecular weight is 469 g/mol. The number of hydrogen-bond donors (Lipinski definition) is 0. The molecule has 0 spiro atoms. The largest absolute Gasteiger partial charge is 0.416 e. The Bertz CT molecular complexity index is 1570. The molecule has 166 valence electrons.